The number of nitrogens with zero attached hydrogens (tertiary/aromatic N) is 3. The second-order valence-electron chi connectivity index (χ2n) is 5.76. The Morgan fingerprint density at radius 1 is 1.12 bits per heavy atom. The number of Topliss-reactive ketones (excluding diaryl/α,β-unsaturated/α-hetero) is 1. The summed E-state index contributed by atoms with van der Waals surface area (Å²) in [5.41, 5.74) is 3.94. The third kappa shape index (κ3) is 2.50. The molecular weight excluding hydrogens is 300 g/mol. The summed E-state index contributed by atoms with van der Waals surface area (Å²) in [6.07, 6.45) is 4.40. The Bertz CT molecular complexity index is 1010. The van der Waals surface area contributed by atoms with Gasteiger partial charge in [0.15, 0.2) is 5.78 Å². The van der Waals surface area contributed by atoms with Crippen molar-refractivity contribution >= 4 is 16.7 Å². The monoisotopic (exact) mass is 316 g/mol. The molecule has 2 heterocycles. The highest BCUT2D eigenvalue weighted by Crippen LogP contribution is 2.21. The number of benzene rings is 2. The molecule has 0 aliphatic carbocycles. The molecule has 5 nitrogen and oxygen atoms in total. The number of hydrogen-bond donors (Lipinski definition) is 1. The van der Waals surface area contributed by atoms with Crippen LogP contribution in [0.1, 0.15) is 28.7 Å². The van der Waals surface area contributed by atoms with Crippen molar-refractivity contribution in [1.82, 2.24) is 19.7 Å². The average molecular weight is 316 g/mol. The van der Waals surface area contributed by atoms with E-state index in [2.05, 4.69) is 27.3 Å². The van der Waals surface area contributed by atoms with Crippen molar-refractivity contribution in [2.24, 2.45) is 0 Å². The zero-order chi connectivity index (χ0) is 16.5. The molecule has 2 aromatic carbocycles. The first-order chi connectivity index (χ1) is 11.7. The lowest BCUT2D eigenvalue weighted by atomic mass is 10.1. The van der Waals surface area contributed by atoms with Gasteiger partial charge in [0.25, 0.3) is 0 Å². The number of H-pyrrole nitrogens is 1. The molecule has 0 radical (unpaired) electrons. The summed E-state index contributed by atoms with van der Waals surface area (Å²) < 4.78 is 1.95. The van der Waals surface area contributed by atoms with Gasteiger partial charge in [-0.3, -0.25) is 9.36 Å². The lowest BCUT2D eigenvalue weighted by Gasteiger charge is -2.07. The van der Waals surface area contributed by atoms with Crippen LogP contribution < -0.4 is 0 Å². The molecule has 2 aromatic heterocycles. The number of carbonyl (C=O) groups excluding carboxylic acids is 1. The molecule has 0 fully saturated rings. The molecule has 0 amide bonds. The summed E-state index contributed by atoms with van der Waals surface area (Å²) in [6, 6.07) is 15.7. The van der Waals surface area contributed by atoms with Crippen LogP contribution in [0.3, 0.4) is 0 Å². The summed E-state index contributed by atoms with van der Waals surface area (Å²) in [4.78, 5) is 14.7. The third-order valence-corrected chi connectivity index (χ3v) is 4.19. The summed E-state index contributed by atoms with van der Waals surface area (Å²) in [6.45, 7) is 1.57. The Kier molecular flexibility index (Phi) is 3.46. The number of hydrogen-bond acceptors (Lipinski definition) is 3. The Morgan fingerprint density at radius 2 is 1.92 bits per heavy atom. The van der Waals surface area contributed by atoms with Crippen LogP contribution in [0.2, 0.25) is 0 Å². The molecule has 0 saturated heterocycles. The van der Waals surface area contributed by atoms with Gasteiger partial charge in [-0.15, -0.1) is 10.2 Å². The van der Waals surface area contributed by atoms with Crippen molar-refractivity contribution < 1.29 is 4.79 Å². The highest BCUT2D eigenvalue weighted by atomic mass is 16.1. The van der Waals surface area contributed by atoms with E-state index in [-0.39, 0.29) is 5.78 Å². The van der Waals surface area contributed by atoms with Crippen LogP contribution >= 0.6 is 0 Å². The molecule has 0 unspecified atom stereocenters. The molecular formula is C19H16N4O. The summed E-state index contributed by atoms with van der Waals surface area (Å²) in [7, 11) is 0. The minimum atomic E-state index is 0.0596. The molecule has 0 aliphatic heterocycles. The maximum Gasteiger partial charge on any atom is 0.159 e. The molecule has 1 N–H and O–H groups in total. The van der Waals surface area contributed by atoms with Gasteiger partial charge in [0.05, 0.1) is 0 Å². The van der Waals surface area contributed by atoms with Crippen LogP contribution in [0.15, 0.2) is 61.1 Å². The van der Waals surface area contributed by atoms with Gasteiger partial charge in [-0.2, -0.15) is 0 Å². The van der Waals surface area contributed by atoms with E-state index in [0.29, 0.717) is 12.0 Å². The largest absolute Gasteiger partial charge is 0.361 e. The number of aromatic nitrogens is 4. The maximum atomic E-state index is 11.4. The van der Waals surface area contributed by atoms with Crippen molar-refractivity contribution in [3.05, 3.63) is 78.0 Å². The number of aromatic amines is 1. The fourth-order valence-corrected chi connectivity index (χ4v) is 2.90. The minimum Gasteiger partial charge on any atom is -0.361 e. The fourth-order valence-electron chi connectivity index (χ4n) is 2.90. The van der Waals surface area contributed by atoms with E-state index >= 15 is 0 Å². The molecule has 0 atom stereocenters. The molecule has 118 valence electrons. The van der Waals surface area contributed by atoms with E-state index in [4.69, 9.17) is 0 Å². The Hall–Kier alpha value is -3.21. The first-order valence-electron chi connectivity index (χ1n) is 7.77. The van der Waals surface area contributed by atoms with Gasteiger partial charge in [0, 0.05) is 34.8 Å². The molecule has 0 saturated carbocycles. The number of rotatable bonds is 4. The standard InChI is InChI=1S/C19H16N4O/c1-13(24)14-6-8-16(9-7-14)23-12-21-22-19(23)10-15-11-20-18-5-3-2-4-17(15)18/h2-9,11-12,20H,10H2,1H3. The van der Waals surface area contributed by atoms with Crippen LogP contribution in [-0.4, -0.2) is 25.5 Å². The first-order valence-corrected chi connectivity index (χ1v) is 7.77. The summed E-state index contributed by atoms with van der Waals surface area (Å²) >= 11 is 0. The van der Waals surface area contributed by atoms with E-state index in [1.807, 2.05) is 47.2 Å². The number of fused-ring (bicyclic) bond motifs is 1. The number of carbonyl (C=O) groups is 1. The van der Waals surface area contributed by atoms with Crippen LogP contribution in [0.25, 0.3) is 16.6 Å². The lowest BCUT2D eigenvalue weighted by Crippen LogP contribution is -2.02. The van der Waals surface area contributed by atoms with Crippen LogP contribution in [0.4, 0.5) is 0 Å². The van der Waals surface area contributed by atoms with Crippen LogP contribution in [0.5, 0.6) is 0 Å². The van der Waals surface area contributed by atoms with Gasteiger partial charge in [-0.1, -0.05) is 18.2 Å². The van der Waals surface area contributed by atoms with E-state index in [1.54, 1.807) is 13.3 Å². The van der Waals surface area contributed by atoms with E-state index < -0.39 is 0 Å². The Labute approximate surface area is 139 Å². The normalized spacial score (nSPS) is 11.0. The van der Waals surface area contributed by atoms with Gasteiger partial charge >= 0.3 is 0 Å². The Balaban J connectivity index is 1.68. The van der Waals surface area contributed by atoms with E-state index in [1.165, 1.54) is 10.9 Å². The molecule has 0 aliphatic rings. The Morgan fingerprint density at radius 3 is 2.71 bits per heavy atom. The quantitative estimate of drug-likeness (QED) is 0.586. The predicted molar refractivity (Wildman–Crippen MR) is 92.5 cm³/mol. The highest BCUT2D eigenvalue weighted by Gasteiger charge is 2.11. The predicted octanol–water partition coefficient (Wildman–Crippen LogP) is 3.54. The lowest BCUT2D eigenvalue weighted by molar-refractivity contribution is 0.101. The topological polar surface area (TPSA) is 63.6 Å². The fraction of sp³-hybridized carbons (Fsp3) is 0.105. The number of ketones is 1. The summed E-state index contributed by atoms with van der Waals surface area (Å²) in [5, 5.41) is 9.51. The number of para-hydroxylation sites is 1. The molecule has 24 heavy (non-hydrogen) atoms. The van der Waals surface area contributed by atoms with Crippen molar-refractivity contribution in [3.63, 3.8) is 0 Å². The van der Waals surface area contributed by atoms with Crippen molar-refractivity contribution in [1.29, 1.82) is 0 Å². The van der Waals surface area contributed by atoms with Gasteiger partial charge in [0.1, 0.15) is 12.2 Å². The molecule has 4 rings (SSSR count). The summed E-state index contributed by atoms with van der Waals surface area (Å²) in [5.74, 6) is 0.916. The average Bonchev–Trinajstić information content (AvgIpc) is 3.23. The molecule has 0 spiro atoms. The molecule has 0 bridgehead atoms. The van der Waals surface area contributed by atoms with Gasteiger partial charge in [0.2, 0.25) is 0 Å². The zero-order valence-corrected chi connectivity index (χ0v) is 13.2. The smallest absolute Gasteiger partial charge is 0.159 e. The van der Waals surface area contributed by atoms with E-state index in [9.17, 15) is 4.79 Å². The third-order valence-electron chi connectivity index (χ3n) is 4.19. The number of nitrogens with one attached hydrogen (secondary N) is 1. The van der Waals surface area contributed by atoms with Crippen molar-refractivity contribution in [2.75, 3.05) is 0 Å². The second kappa shape index (κ2) is 5.77. The SMILES string of the molecule is CC(=O)c1ccc(-n2cnnc2Cc2c[nH]c3ccccc23)cc1. The van der Waals surface area contributed by atoms with Crippen molar-refractivity contribution in [2.45, 2.75) is 13.3 Å². The molecule has 4 aromatic rings. The highest BCUT2D eigenvalue weighted by molar-refractivity contribution is 5.94. The van der Waals surface area contributed by atoms with Gasteiger partial charge in [-0.05, 0) is 42.8 Å². The zero-order valence-electron chi connectivity index (χ0n) is 13.2. The maximum absolute atomic E-state index is 11.4. The van der Waals surface area contributed by atoms with E-state index in [0.717, 1.165) is 17.0 Å². The molecule has 5 heteroatoms. The van der Waals surface area contributed by atoms with Crippen LogP contribution in [-0.2, 0) is 6.42 Å². The van der Waals surface area contributed by atoms with Gasteiger partial charge in [-0.25, -0.2) is 0 Å². The van der Waals surface area contributed by atoms with Crippen molar-refractivity contribution in [3.8, 4) is 5.69 Å². The second-order valence-corrected chi connectivity index (χ2v) is 5.76. The van der Waals surface area contributed by atoms with Crippen LogP contribution in [0, 0.1) is 0 Å². The minimum absolute atomic E-state index is 0.0596. The first kappa shape index (κ1) is 14.4. The van der Waals surface area contributed by atoms with Gasteiger partial charge < -0.3 is 4.98 Å².